The second-order valence-electron chi connectivity index (χ2n) is 4.89. The summed E-state index contributed by atoms with van der Waals surface area (Å²) in [7, 11) is 0. The van der Waals surface area contributed by atoms with Crippen LogP contribution in [0.25, 0.3) is 0 Å². The van der Waals surface area contributed by atoms with Crippen LogP contribution in [0.2, 0.25) is 0 Å². The topological polar surface area (TPSA) is 41.5 Å². The highest BCUT2D eigenvalue weighted by Crippen LogP contribution is 2.25. The third-order valence-corrected chi connectivity index (χ3v) is 3.52. The van der Waals surface area contributed by atoms with E-state index in [1.165, 1.54) is 25.7 Å². The highest BCUT2D eigenvalue weighted by atomic mass is 16.5. The van der Waals surface area contributed by atoms with Gasteiger partial charge >= 0.3 is 0 Å². The molecule has 0 saturated heterocycles. The molecule has 1 aromatic carbocycles. The van der Waals surface area contributed by atoms with Crippen LogP contribution in [0, 0.1) is 0 Å². The summed E-state index contributed by atoms with van der Waals surface area (Å²) < 4.78 is 5.92. The van der Waals surface area contributed by atoms with Crippen LogP contribution < -0.4 is 10.1 Å². The van der Waals surface area contributed by atoms with Crippen molar-refractivity contribution in [1.82, 2.24) is 5.32 Å². The van der Waals surface area contributed by atoms with Crippen LogP contribution in [0.5, 0.6) is 5.75 Å². The Labute approximate surface area is 109 Å². The second kappa shape index (κ2) is 6.76. The molecule has 0 radical (unpaired) electrons. The van der Waals surface area contributed by atoms with E-state index in [0.29, 0.717) is 6.10 Å². The maximum atomic E-state index is 9.32. The number of likely N-dealkylation sites (N-methyl/N-ethyl adjacent to an activating group) is 1. The molecule has 1 saturated carbocycles. The summed E-state index contributed by atoms with van der Waals surface area (Å²) in [5.74, 6) is 0.943. The number of ether oxygens (including phenoxy) is 1. The number of hydrogen-bond donors (Lipinski definition) is 2. The van der Waals surface area contributed by atoms with Gasteiger partial charge in [0.15, 0.2) is 0 Å². The number of hydrogen-bond acceptors (Lipinski definition) is 3. The lowest BCUT2D eigenvalue weighted by Gasteiger charge is -2.17. The number of rotatable bonds is 6. The standard InChI is InChI=1S/C15H23NO2/c1-2-16-15(11-17)12-7-9-14(10-8-12)18-13-5-3-4-6-13/h7-10,13,15-17H,2-6,11H2,1H3. The first-order chi connectivity index (χ1) is 8.83. The summed E-state index contributed by atoms with van der Waals surface area (Å²) in [6.07, 6.45) is 5.33. The lowest BCUT2D eigenvalue weighted by Crippen LogP contribution is -2.23. The molecule has 1 aromatic rings. The molecule has 0 aromatic heterocycles. The lowest BCUT2D eigenvalue weighted by molar-refractivity contribution is 0.209. The molecule has 0 spiro atoms. The Morgan fingerprint density at radius 3 is 2.50 bits per heavy atom. The summed E-state index contributed by atoms with van der Waals surface area (Å²) in [6, 6.07) is 8.11. The van der Waals surface area contributed by atoms with Gasteiger partial charge in [-0.05, 0) is 49.9 Å². The van der Waals surface area contributed by atoms with Crippen LogP contribution in [0.3, 0.4) is 0 Å². The Balaban J connectivity index is 1.95. The summed E-state index contributed by atoms with van der Waals surface area (Å²) >= 11 is 0. The summed E-state index contributed by atoms with van der Waals surface area (Å²) in [6.45, 7) is 3.02. The number of aliphatic hydroxyl groups is 1. The van der Waals surface area contributed by atoms with Crippen molar-refractivity contribution in [3.8, 4) is 5.75 Å². The van der Waals surface area contributed by atoms with Gasteiger partial charge in [-0.15, -0.1) is 0 Å². The van der Waals surface area contributed by atoms with Crippen molar-refractivity contribution >= 4 is 0 Å². The van der Waals surface area contributed by atoms with Crippen molar-refractivity contribution in [2.45, 2.75) is 44.8 Å². The fraction of sp³-hybridized carbons (Fsp3) is 0.600. The fourth-order valence-electron chi connectivity index (χ4n) is 2.51. The minimum Gasteiger partial charge on any atom is -0.490 e. The van der Waals surface area contributed by atoms with Crippen molar-refractivity contribution in [3.63, 3.8) is 0 Å². The molecule has 0 bridgehead atoms. The first-order valence-corrected chi connectivity index (χ1v) is 6.94. The number of nitrogens with one attached hydrogen (secondary N) is 1. The number of aliphatic hydroxyl groups excluding tert-OH is 1. The lowest BCUT2D eigenvalue weighted by atomic mass is 10.1. The van der Waals surface area contributed by atoms with Crippen molar-refractivity contribution in [3.05, 3.63) is 29.8 Å². The molecule has 3 heteroatoms. The van der Waals surface area contributed by atoms with Crippen LogP contribution in [-0.2, 0) is 0 Å². The van der Waals surface area contributed by atoms with E-state index in [1.54, 1.807) is 0 Å². The van der Waals surface area contributed by atoms with E-state index in [2.05, 4.69) is 5.32 Å². The monoisotopic (exact) mass is 249 g/mol. The molecule has 2 N–H and O–H groups in total. The van der Waals surface area contributed by atoms with E-state index in [0.717, 1.165) is 17.9 Å². The second-order valence-corrected chi connectivity index (χ2v) is 4.89. The molecule has 18 heavy (non-hydrogen) atoms. The molecular formula is C15H23NO2. The van der Waals surface area contributed by atoms with Crippen molar-refractivity contribution in [1.29, 1.82) is 0 Å². The van der Waals surface area contributed by atoms with E-state index in [9.17, 15) is 5.11 Å². The van der Waals surface area contributed by atoms with E-state index >= 15 is 0 Å². The molecule has 1 unspecified atom stereocenters. The van der Waals surface area contributed by atoms with Crippen LogP contribution in [0.1, 0.15) is 44.2 Å². The summed E-state index contributed by atoms with van der Waals surface area (Å²) in [5.41, 5.74) is 1.11. The molecule has 0 amide bonds. The van der Waals surface area contributed by atoms with E-state index in [1.807, 2.05) is 31.2 Å². The van der Waals surface area contributed by atoms with Crippen molar-refractivity contribution < 1.29 is 9.84 Å². The quantitative estimate of drug-likeness (QED) is 0.814. The van der Waals surface area contributed by atoms with Crippen LogP contribution in [0.4, 0.5) is 0 Å². The smallest absolute Gasteiger partial charge is 0.119 e. The van der Waals surface area contributed by atoms with E-state index in [-0.39, 0.29) is 12.6 Å². The zero-order valence-corrected chi connectivity index (χ0v) is 11.1. The molecule has 2 rings (SSSR count). The van der Waals surface area contributed by atoms with Gasteiger partial charge < -0.3 is 15.2 Å². The first-order valence-electron chi connectivity index (χ1n) is 6.94. The molecule has 1 fully saturated rings. The predicted octanol–water partition coefficient (Wildman–Crippen LogP) is 2.65. The molecule has 1 atom stereocenters. The third kappa shape index (κ3) is 3.47. The van der Waals surface area contributed by atoms with Gasteiger partial charge in [-0.1, -0.05) is 19.1 Å². The van der Waals surface area contributed by atoms with Gasteiger partial charge in [-0.3, -0.25) is 0 Å². The van der Waals surface area contributed by atoms with Gasteiger partial charge in [0.1, 0.15) is 5.75 Å². The zero-order chi connectivity index (χ0) is 12.8. The molecular weight excluding hydrogens is 226 g/mol. The van der Waals surface area contributed by atoms with Gasteiger partial charge in [0.2, 0.25) is 0 Å². The van der Waals surface area contributed by atoms with Crippen molar-refractivity contribution in [2.75, 3.05) is 13.2 Å². The van der Waals surface area contributed by atoms with E-state index < -0.39 is 0 Å². The molecule has 1 aliphatic rings. The Morgan fingerprint density at radius 1 is 1.28 bits per heavy atom. The van der Waals surface area contributed by atoms with Crippen LogP contribution in [0.15, 0.2) is 24.3 Å². The molecule has 1 aliphatic carbocycles. The minimum atomic E-state index is 0.0236. The van der Waals surface area contributed by atoms with Gasteiger partial charge in [0, 0.05) is 0 Å². The average Bonchev–Trinajstić information content (AvgIpc) is 2.90. The Hall–Kier alpha value is -1.06. The third-order valence-electron chi connectivity index (χ3n) is 3.52. The van der Waals surface area contributed by atoms with E-state index in [4.69, 9.17) is 4.74 Å². The zero-order valence-electron chi connectivity index (χ0n) is 11.1. The van der Waals surface area contributed by atoms with Crippen molar-refractivity contribution in [2.24, 2.45) is 0 Å². The SMILES string of the molecule is CCNC(CO)c1ccc(OC2CCCC2)cc1. The maximum absolute atomic E-state index is 9.32. The fourth-order valence-corrected chi connectivity index (χ4v) is 2.51. The minimum absolute atomic E-state index is 0.0236. The molecule has 100 valence electrons. The molecule has 0 heterocycles. The molecule has 0 aliphatic heterocycles. The largest absolute Gasteiger partial charge is 0.490 e. The predicted molar refractivity (Wildman–Crippen MR) is 72.8 cm³/mol. The summed E-state index contributed by atoms with van der Waals surface area (Å²) in [5, 5.41) is 12.6. The highest BCUT2D eigenvalue weighted by Gasteiger charge is 2.16. The van der Waals surface area contributed by atoms with Gasteiger partial charge in [0.05, 0.1) is 18.8 Å². The Kier molecular flexibility index (Phi) is 5.02. The molecule has 3 nitrogen and oxygen atoms in total. The maximum Gasteiger partial charge on any atom is 0.119 e. The van der Waals surface area contributed by atoms with Gasteiger partial charge in [0.25, 0.3) is 0 Å². The summed E-state index contributed by atoms with van der Waals surface area (Å²) in [4.78, 5) is 0. The first kappa shape index (κ1) is 13.4. The van der Waals surface area contributed by atoms with Gasteiger partial charge in [-0.25, -0.2) is 0 Å². The van der Waals surface area contributed by atoms with Gasteiger partial charge in [-0.2, -0.15) is 0 Å². The highest BCUT2D eigenvalue weighted by molar-refractivity contribution is 5.29. The Morgan fingerprint density at radius 2 is 1.94 bits per heavy atom. The number of benzene rings is 1. The normalized spacial score (nSPS) is 17.9. The van der Waals surface area contributed by atoms with Crippen LogP contribution >= 0.6 is 0 Å². The Bertz CT molecular complexity index is 344. The average molecular weight is 249 g/mol. The van der Waals surface area contributed by atoms with Crippen LogP contribution in [-0.4, -0.2) is 24.4 Å².